The molecule has 2 amide bonds. The highest BCUT2D eigenvalue weighted by molar-refractivity contribution is 6.42. The monoisotopic (exact) mass is 617 g/mol. The van der Waals surface area contributed by atoms with Gasteiger partial charge in [-0.15, -0.1) is 0 Å². The number of aromatic nitrogens is 2. The van der Waals surface area contributed by atoms with Crippen LogP contribution in [0, 0.1) is 0 Å². The van der Waals surface area contributed by atoms with Crippen molar-refractivity contribution >= 4 is 58.2 Å². The molecule has 1 aromatic carbocycles. The van der Waals surface area contributed by atoms with E-state index in [4.69, 9.17) is 55.9 Å². The number of nitrogens with zero attached hydrogens (tertiary/aromatic N) is 2. The van der Waals surface area contributed by atoms with Crippen LogP contribution in [0.4, 0.5) is 0 Å². The van der Waals surface area contributed by atoms with Gasteiger partial charge in [0.25, 0.3) is 5.91 Å². The zero-order chi connectivity index (χ0) is 28.3. The quantitative estimate of drug-likeness (QED) is 0.247. The van der Waals surface area contributed by atoms with E-state index in [1.54, 1.807) is 19.2 Å². The molecule has 0 bridgehead atoms. The number of aliphatic hydroxyl groups is 2. The van der Waals surface area contributed by atoms with Gasteiger partial charge in [0.2, 0.25) is 11.1 Å². The molecule has 14 heteroatoms. The molecule has 1 saturated heterocycles. The summed E-state index contributed by atoms with van der Waals surface area (Å²) in [7, 11) is 1.70. The van der Waals surface area contributed by atoms with Crippen LogP contribution in [0.3, 0.4) is 0 Å². The van der Waals surface area contributed by atoms with Crippen molar-refractivity contribution in [2.24, 2.45) is 7.05 Å². The van der Waals surface area contributed by atoms with Gasteiger partial charge in [0.1, 0.15) is 0 Å². The molecule has 3 heterocycles. The van der Waals surface area contributed by atoms with E-state index < -0.39 is 24.7 Å². The Hall–Kier alpha value is -2.31. The van der Waals surface area contributed by atoms with Gasteiger partial charge in [-0.2, -0.15) is 5.10 Å². The van der Waals surface area contributed by atoms with Gasteiger partial charge in [-0.1, -0.05) is 40.9 Å². The lowest BCUT2D eigenvalue weighted by Gasteiger charge is -2.37. The van der Waals surface area contributed by atoms with Crippen LogP contribution in [0.2, 0.25) is 20.3 Å². The van der Waals surface area contributed by atoms with Crippen molar-refractivity contribution in [3.8, 4) is 11.3 Å². The lowest BCUT2D eigenvalue weighted by atomic mass is 9.81. The Morgan fingerprint density at radius 2 is 1.97 bits per heavy atom. The number of carbonyl (C=O) groups is 2. The molecule has 4 atom stereocenters. The molecule has 1 aliphatic heterocycles. The number of rotatable bonds is 9. The predicted molar refractivity (Wildman–Crippen MR) is 149 cm³/mol. The molecule has 3 aromatic rings. The highest BCUT2D eigenvalue weighted by atomic mass is 35.5. The molecule has 0 radical (unpaired) electrons. The van der Waals surface area contributed by atoms with Crippen molar-refractivity contribution in [1.82, 2.24) is 25.7 Å². The van der Waals surface area contributed by atoms with Crippen LogP contribution in [0.15, 0.2) is 34.9 Å². The van der Waals surface area contributed by atoms with Crippen molar-refractivity contribution < 1.29 is 24.2 Å². The van der Waals surface area contributed by atoms with E-state index in [2.05, 4.69) is 21.0 Å². The molecule has 5 N–H and O–H groups in total. The molecule has 1 aliphatic rings. The third-order valence-electron chi connectivity index (χ3n) is 6.58. The molecule has 0 spiro atoms. The summed E-state index contributed by atoms with van der Waals surface area (Å²) >= 11 is 24.9. The van der Waals surface area contributed by atoms with Crippen LogP contribution >= 0.6 is 46.4 Å². The predicted octanol–water partition coefficient (Wildman–Crippen LogP) is 3.40. The van der Waals surface area contributed by atoms with Crippen molar-refractivity contribution in [2.45, 2.75) is 36.9 Å². The fraction of sp³-hybridized carbons (Fsp3) is 0.400. The highest BCUT2D eigenvalue weighted by Crippen LogP contribution is 2.36. The first-order valence-corrected chi connectivity index (χ1v) is 13.6. The molecule has 2 aromatic heterocycles. The number of nitrogens with one attached hydrogen (secondary N) is 3. The van der Waals surface area contributed by atoms with E-state index in [9.17, 15) is 14.7 Å². The Labute approximate surface area is 244 Å². The summed E-state index contributed by atoms with van der Waals surface area (Å²) in [5.41, 5.74) is 1.80. The first-order chi connectivity index (χ1) is 18.6. The summed E-state index contributed by atoms with van der Waals surface area (Å²) in [6, 6.07) is 6.18. The van der Waals surface area contributed by atoms with Crippen LogP contribution in [-0.4, -0.2) is 69.7 Å². The van der Waals surface area contributed by atoms with Gasteiger partial charge in [-0.05, 0) is 35.7 Å². The number of hydrogen-bond donors (Lipinski definition) is 5. The van der Waals surface area contributed by atoms with Crippen LogP contribution in [-0.2, 0) is 11.8 Å². The lowest BCUT2D eigenvalue weighted by Crippen LogP contribution is -2.54. The smallest absolute Gasteiger partial charge is 0.287 e. The first kappa shape index (κ1) is 29.7. The number of aryl methyl sites for hydroxylation is 1. The number of carbonyl (C=O) groups excluding carboxylic acids is 2. The molecule has 210 valence electrons. The van der Waals surface area contributed by atoms with Crippen molar-refractivity contribution in [3.05, 3.63) is 62.1 Å². The molecule has 1 unspecified atom stereocenters. The maximum atomic E-state index is 13.3. The summed E-state index contributed by atoms with van der Waals surface area (Å²) in [5.74, 6) is -0.972. The van der Waals surface area contributed by atoms with Crippen molar-refractivity contribution in [3.63, 3.8) is 0 Å². The van der Waals surface area contributed by atoms with Gasteiger partial charge in [0.05, 0.1) is 45.2 Å². The molecular weight excluding hydrogens is 592 g/mol. The first-order valence-electron chi connectivity index (χ1n) is 12.1. The fourth-order valence-corrected chi connectivity index (χ4v) is 5.40. The van der Waals surface area contributed by atoms with Gasteiger partial charge < -0.3 is 30.6 Å². The Kier molecular flexibility index (Phi) is 9.82. The summed E-state index contributed by atoms with van der Waals surface area (Å²) in [5, 5.41) is 32.6. The molecule has 0 saturated carbocycles. The van der Waals surface area contributed by atoms with Gasteiger partial charge >= 0.3 is 0 Å². The average molecular weight is 619 g/mol. The Morgan fingerprint density at radius 1 is 1.21 bits per heavy atom. The molecule has 4 rings (SSSR count). The van der Waals surface area contributed by atoms with Crippen LogP contribution in [0.5, 0.6) is 0 Å². The van der Waals surface area contributed by atoms with E-state index in [0.29, 0.717) is 39.3 Å². The SMILES string of the molecule is Cn1ncc(Cl)c1-c1cc(C(=O)N[C@@H]2CN[C@H](CC(=O)NCC(O)CO)C[C@H]2c2ccc(Cl)c(Cl)c2)oc1Cl. The number of amides is 2. The topological polar surface area (TPSA) is 142 Å². The maximum Gasteiger partial charge on any atom is 0.287 e. The number of aliphatic hydroxyl groups excluding tert-OH is 2. The number of benzene rings is 1. The van der Waals surface area contributed by atoms with Gasteiger partial charge in [-0.3, -0.25) is 14.3 Å². The zero-order valence-corrected chi connectivity index (χ0v) is 23.8. The molecular formula is C25H27Cl4N5O5. The average Bonchev–Trinajstić information content (AvgIpc) is 3.45. The maximum absolute atomic E-state index is 13.3. The third-order valence-corrected chi connectivity index (χ3v) is 7.87. The summed E-state index contributed by atoms with van der Waals surface area (Å²) in [6.45, 7) is -0.141. The zero-order valence-electron chi connectivity index (χ0n) is 20.8. The Bertz CT molecular complexity index is 1330. The van der Waals surface area contributed by atoms with Crippen LogP contribution in [0.25, 0.3) is 11.3 Å². The second-order valence-electron chi connectivity index (χ2n) is 9.31. The minimum absolute atomic E-state index is 0.00379. The molecule has 39 heavy (non-hydrogen) atoms. The molecule has 0 aliphatic carbocycles. The van der Waals surface area contributed by atoms with Crippen molar-refractivity contribution in [1.29, 1.82) is 0 Å². The summed E-state index contributed by atoms with van der Waals surface area (Å²) in [4.78, 5) is 25.7. The number of piperidine rings is 1. The highest BCUT2D eigenvalue weighted by Gasteiger charge is 2.34. The standard InChI is InChI=1S/C25H27Cl4N5O5/c1-34-23(19(28)9-32-34)16-7-21(39-24(16)29)25(38)33-20-10-30-13(6-22(37)31-8-14(36)11-35)5-15(20)12-2-3-17(26)18(27)4-12/h2-4,7,9,13-15,20,30,35-36H,5-6,8,10-11H2,1H3,(H,31,37)(H,33,38)/t13-,14?,15-,20+/m0/s1. The minimum Gasteiger partial charge on any atom is -0.439 e. The molecule has 1 fully saturated rings. The molecule has 10 nitrogen and oxygen atoms in total. The van der Waals surface area contributed by atoms with E-state index in [0.717, 1.165) is 5.56 Å². The Balaban J connectivity index is 1.51. The Morgan fingerprint density at radius 3 is 2.64 bits per heavy atom. The second kappa shape index (κ2) is 12.9. The number of halogens is 4. The van der Waals surface area contributed by atoms with E-state index in [1.807, 2.05) is 6.07 Å². The number of furan rings is 1. The fourth-order valence-electron chi connectivity index (χ4n) is 4.60. The van der Waals surface area contributed by atoms with Crippen LogP contribution < -0.4 is 16.0 Å². The van der Waals surface area contributed by atoms with E-state index in [-0.39, 0.29) is 41.8 Å². The second-order valence-corrected chi connectivity index (χ2v) is 10.9. The van der Waals surface area contributed by atoms with E-state index in [1.165, 1.54) is 16.9 Å². The normalized spacial score (nSPS) is 20.0. The lowest BCUT2D eigenvalue weighted by molar-refractivity contribution is -0.122. The third kappa shape index (κ3) is 7.07. The summed E-state index contributed by atoms with van der Waals surface area (Å²) in [6.07, 6.45) is 1.08. The number of hydrogen-bond acceptors (Lipinski definition) is 7. The van der Waals surface area contributed by atoms with Gasteiger partial charge in [0.15, 0.2) is 5.76 Å². The van der Waals surface area contributed by atoms with E-state index >= 15 is 0 Å². The van der Waals surface area contributed by atoms with Crippen molar-refractivity contribution in [2.75, 3.05) is 19.7 Å². The summed E-state index contributed by atoms with van der Waals surface area (Å²) < 4.78 is 7.09. The van der Waals surface area contributed by atoms with Crippen LogP contribution in [0.1, 0.15) is 34.9 Å². The largest absolute Gasteiger partial charge is 0.439 e. The minimum atomic E-state index is -1.03. The van der Waals surface area contributed by atoms with Gasteiger partial charge in [-0.25, -0.2) is 0 Å². The van der Waals surface area contributed by atoms with Gasteiger partial charge in [0, 0.05) is 50.6 Å².